The number of Topliss-reactive ketones (excluding diaryl/α,β-unsaturated/α-hetero) is 1. The van der Waals surface area contributed by atoms with E-state index in [0.717, 1.165) is 5.69 Å². The van der Waals surface area contributed by atoms with Crippen molar-refractivity contribution in [3.8, 4) is 6.07 Å². The second kappa shape index (κ2) is 6.69. The maximum atomic E-state index is 12.3. The van der Waals surface area contributed by atoms with Crippen molar-refractivity contribution in [1.82, 2.24) is 4.90 Å². The Balaban J connectivity index is 2.12. The van der Waals surface area contributed by atoms with Crippen LogP contribution in [0.15, 0.2) is 24.3 Å². The van der Waals surface area contributed by atoms with Gasteiger partial charge in [-0.3, -0.25) is 9.69 Å². The third-order valence-electron chi connectivity index (χ3n) is 3.40. The van der Waals surface area contributed by atoms with Gasteiger partial charge in [0, 0.05) is 25.1 Å². The van der Waals surface area contributed by atoms with Crippen LogP contribution in [0.5, 0.6) is 0 Å². The SMILES string of the molecule is CC(C)(C)OC(=O)N1CCC(=O)CC1Nc1ccc(C#N)cc1. The minimum atomic E-state index is -0.586. The van der Waals surface area contributed by atoms with Gasteiger partial charge < -0.3 is 10.1 Å². The van der Waals surface area contributed by atoms with Crippen LogP contribution in [-0.4, -0.2) is 35.1 Å². The van der Waals surface area contributed by atoms with Crippen LogP contribution >= 0.6 is 0 Å². The summed E-state index contributed by atoms with van der Waals surface area (Å²) in [6.45, 7) is 5.76. The lowest BCUT2D eigenvalue weighted by Crippen LogP contribution is -2.51. The first-order valence-corrected chi connectivity index (χ1v) is 7.56. The molecular weight excluding hydrogens is 294 g/mol. The molecule has 1 aliphatic heterocycles. The number of nitrogens with zero attached hydrogens (tertiary/aromatic N) is 2. The molecule has 1 aromatic carbocycles. The number of carbonyl (C=O) groups excluding carboxylic acids is 2. The van der Waals surface area contributed by atoms with Crippen LogP contribution in [0.1, 0.15) is 39.2 Å². The molecule has 2 rings (SSSR count). The average molecular weight is 315 g/mol. The highest BCUT2D eigenvalue weighted by atomic mass is 16.6. The molecule has 0 aromatic heterocycles. The van der Waals surface area contributed by atoms with E-state index in [1.165, 1.54) is 0 Å². The molecule has 1 heterocycles. The maximum absolute atomic E-state index is 12.3. The number of piperidine rings is 1. The van der Waals surface area contributed by atoms with Crippen LogP contribution in [0.25, 0.3) is 0 Å². The highest BCUT2D eigenvalue weighted by Crippen LogP contribution is 2.21. The van der Waals surface area contributed by atoms with E-state index in [4.69, 9.17) is 10.00 Å². The number of hydrogen-bond donors (Lipinski definition) is 1. The molecule has 0 bridgehead atoms. The van der Waals surface area contributed by atoms with Crippen LogP contribution in [0.4, 0.5) is 10.5 Å². The lowest BCUT2D eigenvalue weighted by molar-refractivity contribution is -0.122. The van der Waals surface area contributed by atoms with Gasteiger partial charge in [0.1, 0.15) is 17.6 Å². The Morgan fingerprint density at radius 3 is 2.57 bits per heavy atom. The van der Waals surface area contributed by atoms with Crippen LogP contribution in [-0.2, 0) is 9.53 Å². The number of anilines is 1. The Bertz CT molecular complexity index is 626. The molecule has 0 saturated carbocycles. The maximum Gasteiger partial charge on any atom is 0.411 e. The number of carbonyl (C=O) groups is 2. The number of benzene rings is 1. The summed E-state index contributed by atoms with van der Waals surface area (Å²) in [5.41, 5.74) is 0.717. The summed E-state index contributed by atoms with van der Waals surface area (Å²) in [5.74, 6) is 0.107. The van der Waals surface area contributed by atoms with E-state index in [9.17, 15) is 9.59 Å². The number of nitriles is 1. The van der Waals surface area contributed by atoms with Gasteiger partial charge in [-0.05, 0) is 45.0 Å². The van der Waals surface area contributed by atoms with E-state index in [1.807, 2.05) is 20.8 Å². The van der Waals surface area contributed by atoms with Gasteiger partial charge in [0.15, 0.2) is 0 Å². The van der Waals surface area contributed by atoms with Crippen molar-refractivity contribution in [2.45, 2.75) is 45.4 Å². The van der Waals surface area contributed by atoms with E-state index in [2.05, 4.69) is 11.4 Å². The number of ketones is 1. The molecule has 1 N–H and O–H groups in total. The number of rotatable bonds is 2. The molecule has 6 heteroatoms. The van der Waals surface area contributed by atoms with Crippen molar-refractivity contribution in [3.63, 3.8) is 0 Å². The quantitative estimate of drug-likeness (QED) is 0.907. The fourth-order valence-electron chi connectivity index (χ4n) is 2.33. The minimum absolute atomic E-state index is 0.107. The van der Waals surface area contributed by atoms with Gasteiger partial charge >= 0.3 is 6.09 Å². The second-order valence-electron chi connectivity index (χ2n) is 6.52. The summed E-state index contributed by atoms with van der Waals surface area (Å²) >= 11 is 0. The fraction of sp³-hybridized carbons (Fsp3) is 0.471. The van der Waals surface area contributed by atoms with Crippen molar-refractivity contribution in [3.05, 3.63) is 29.8 Å². The zero-order valence-electron chi connectivity index (χ0n) is 13.6. The first-order chi connectivity index (χ1) is 10.8. The van der Waals surface area contributed by atoms with Crippen LogP contribution in [0, 0.1) is 11.3 Å². The Morgan fingerprint density at radius 2 is 2.00 bits per heavy atom. The third-order valence-corrected chi connectivity index (χ3v) is 3.40. The lowest BCUT2D eigenvalue weighted by Gasteiger charge is -2.36. The van der Waals surface area contributed by atoms with Gasteiger partial charge in [-0.1, -0.05) is 0 Å². The smallest absolute Gasteiger partial charge is 0.411 e. The van der Waals surface area contributed by atoms with Crippen LogP contribution in [0.2, 0.25) is 0 Å². The first kappa shape index (κ1) is 16.8. The lowest BCUT2D eigenvalue weighted by atomic mass is 10.1. The Kier molecular flexibility index (Phi) is 4.89. The molecule has 122 valence electrons. The van der Waals surface area contributed by atoms with Gasteiger partial charge in [-0.15, -0.1) is 0 Å². The standard InChI is InChI=1S/C17H21N3O3/c1-17(2,3)23-16(22)20-9-8-14(21)10-15(20)19-13-6-4-12(11-18)5-7-13/h4-7,15,19H,8-10H2,1-3H3. The molecule has 0 aliphatic carbocycles. The van der Waals surface area contributed by atoms with Gasteiger partial charge in [0.2, 0.25) is 0 Å². The topological polar surface area (TPSA) is 82.4 Å². The number of likely N-dealkylation sites (tertiary alicyclic amines) is 1. The van der Waals surface area contributed by atoms with Gasteiger partial charge in [0.05, 0.1) is 11.6 Å². The summed E-state index contributed by atoms with van der Waals surface area (Å²) in [7, 11) is 0. The normalized spacial score (nSPS) is 18.3. The van der Waals surface area contributed by atoms with Crippen molar-refractivity contribution in [1.29, 1.82) is 5.26 Å². The molecule has 23 heavy (non-hydrogen) atoms. The predicted octanol–water partition coefficient (Wildman–Crippen LogP) is 2.90. The van der Waals surface area contributed by atoms with Crippen molar-refractivity contribution in [2.75, 3.05) is 11.9 Å². The van der Waals surface area contributed by atoms with Crippen molar-refractivity contribution >= 4 is 17.6 Å². The average Bonchev–Trinajstić information content (AvgIpc) is 2.46. The molecule has 1 unspecified atom stereocenters. The summed E-state index contributed by atoms with van der Waals surface area (Å²) in [6, 6.07) is 8.93. The van der Waals surface area contributed by atoms with E-state index in [0.29, 0.717) is 18.5 Å². The molecule has 0 radical (unpaired) electrons. The highest BCUT2D eigenvalue weighted by Gasteiger charge is 2.33. The Morgan fingerprint density at radius 1 is 1.35 bits per heavy atom. The first-order valence-electron chi connectivity index (χ1n) is 7.56. The number of amides is 1. The Hall–Kier alpha value is -2.55. The van der Waals surface area contributed by atoms with E-state index in [-0.39, 0.29) is 12.2 Å². The van der Waals surface area contributed by atoms with Gasteiger partial charge in [-0.2, -0.15) is 5.26 Å². The molecule has 1 saturated heterocycles. The zero-order valence-corrected chi connectivity index (χ0v) is 13.6. The molecule has 1 amide bonds. The van der Waals surface area contributed by atoms with E-state index < -0.39 is 17.9 Å². The van der Waals surface area contributed by atoms with Gasteiger partial charge in [-0.25, -0.2) is 4.79 Å². The third kappa shape index (κ3) is 4.71. The monoisotopic (exact) mass is 315 g/mol. The zero-order chi connectivity index (χ0) is 17.0. The van der Waals surface area contributed by atoms with Crippen LogP contribution < -0.4 is 5.32 Å². The molecule has 6 nitrogen and oxygen atoms in total. The van der Waals surface area contributed by atoms with Crippen molar-refractivity contribution < 1.29 is 14.3 Å². The molecule has 1 aliphatic rings. The number of hydrogen-bond acceptors (Lipinski definition) is 5. The summed E-state index contributed by atoms with van der Waals surface area (Å²) in [5, 5.41) is 12.0. The number of ether oxygens (including phenoxy) is 1. The molecular formula is C17H21N3O3. The summed E-state index contributed by atoms with van der Waals surface area (Å²) in [6.07, 6.45) is -0.306. The predicted molar refractivity (Wildman–Crippen MR) is 85.7 cm³/mol. The second-order valence-corrected chi connectivity index (χ2v) is 6.52. The highest BCUT2D eigenvalue weighted by molar-refractivity contribution is 5.83. The largest absolute Gasteiger partial charge is 0.444 e. The molecule has 1 atom stereocenters. The number of nitrogens with one attached hydrogen (secondary N) is 1. The van der Waals surface area contributed by atoms with Crippen LogP contribution in [0.3, 0.4) is 0 Å². The molecule has 1 fully saturated rings. The van der Waals surface area contributed by atoms with E-state index >= 15 is 0 Å². The Labute approximate surface area is 136 Å². The van der Waals surface area contributed by atoms with Gasteiger partial charge in [0.25, 0.3) is 0 Å². The van der Waals surface area contributed by atoms with E-state index in [1.54, 1.807) is 29.2 Å². The summed E-state index contributed by atoms with van der Waals surface area (Å²) < 4.78 is 5.41. The molecule has 0 spiro atoms. The minimum Gasteiger partial charge on any atom is -0.444 e. The molecule has 1 aromatic rings. The van der Waals surface area contributed by atoms with Crippen molar-refractivity contribution in [2.24, 2.45) is 0 Å². The fourth-order valence-corrected chi connectivity index (χ4v) is 2.33. The summed E-state index contributed by atoms with van der Waals surface area (Å²) in [4.78, 5) is 25.6.